The molecule has 1 unspecified atom stereocenters. The van der Waals surface area contributed by atoms with Crippen molar-refractivity contribution in [2.24, 2.45) is 11.3 Å². The number of hydrogen-bond donors (Lipinski definition) is 1. The number of likely N-dealkylation sites (tertiary alicyclic amines) is 1. The smallest absolute Gasteiger partial charge is 0.272 e. The van der Waals surface area contributed by atoms with E-state index in [-0.39, 0.29) is 23.1 Å². The van der Waals surface area contributed by atoms with Gasteiger partial charge in [-0.25, -0.2) is 0 Å². The van der Waals surface area contributed by atoms with Gasteiger partial charge in [-0.15, -0.1) is 0 Å². The second kappa shape index (κ2) is 7.13. The van der Waals surface area contributed by atoms with Gasteiger partial charge in [-0.05, 0) is 43.5 Å². The summed E-state index contributed by atoms with van der Waals surface area (Å²) >= 11 is 0. The van der Waals surface area contributed by atoms with Gasteiger partial charge in [-0.3, -0.25) is 19.3 Å². The van der Waals surface area contributed by atoms with Crippen LogP contribution < -0.4 is 5.32 Å². The fraction of sp³-hybridized carbons (Fsp3) is 0.500. The molecule has 2 aromatic heterocycles. The van der Waals surface area contributed by atoms with Crippen molar-refractivity contribution >= 4 is 11.8 Å². The van der Waals surface area contributed by atoms with E-state index >= 15 is 0 Å². The van der Waals surface area contributed by atoms with Crippen molar-refractivity contribution in [2.45, 2.75) is 39.3 Å². The molecule has 1 N–H and O–H groups in total. The molecule has 7 nitrogen and oxygen atoms in total. The summed E-state index contributed by atoms with van der Waals surface area (Å²) in [5.41, 5.74) is 1.57. The first-order chi connectivity index (χ1) is 13.1. The lowest BCUT2D eigenvalue weighted by atomic mass is 9.62. The third-order valence-electron chi connectivity index (χ3n) is 6.05. The predicted octanol–water partition coefficient (Wildman–Crippen LogP) is 1.86. The van der Waals surface area contributed by atoms with Crippen molar-refractivity contribution in [3.05, 3.63) is 48.0 Å². The Morgan fingerprint density at radius 3 is 2.67 bits per heavy atom. The zero-order valence-electron chi connectivity index (χ0n) is 15.6. The number of pyridine rings is 1. The fourth-order valence-electron chi connectivity index (χ4n) is 4.36. The van der Waals surface area contributed by atoms with Crippen molar-refractivity contribution in [3.63, 3.8) is 0 Å². The Morgan fingerprint density at radius 2 is 2.00 bits per heavy atom. The molecule has 1 spiro atoms. The van der Waals surface area contributed by atoms with E-state index < -0.39 is 0 Å². The number of carbonyl (C=O) groups excluding carboxylic acids is 2. The van der Waals surface area contributed by atoms with E-state index in [0.29, 0.717) is 31.9 Å². The lowest BCUT2D eigenvalue weighted by Crippen LogP contribution is -2.45. The molecule has 2 aliphatic rings. The second-order valence-electron chi connectivity index (χ2n) is 7.56. The lowest BCUT2D eigenvalue weighted by Gasteiger charge is -2.41. The number of carbonyl (C=O) groups is 2. The van der Waals surface area contributed by atoms with Crippen LogP contribution in [0.5, 0.6) is 0 Å². The summed E-state index contributed by atoms with van der Waals surface area (Å²) in [6, 6.07) is 5.56. The molecule has 2 aromatic rings. The summed E-state index contributed by atoms with van der Waals surface area (Å²) in [4.78, 5) is 31.8. The van der Waals surface area contributed by atoms with Gasteiger partial charge in [0.1, 0.15) is 5.69 Å². The van der Waals surface area contributed by atoms with Crippen LogP contribution in [-0.4, -0.2) is 44.6 Å². The third-order valence-corrected chi connectivity index (χ3v) is 6.05. The molecule has 1 aliphatic heterocycles. The standard InChI is InChI=1S/C20H25N5O2/c1-2-25-17(6-11-23-25)19(27)24-13-16(20(14-24)7-3-8-20)18(26)22-12-15-4-9-21-10-5-15/h4-6,9-11,16H,2-3,7-8,12-14H2,1H3,(H,22,26). The Morgan fingerprint density at radius 1 is 1.22 bits per heavy atom. The molecule has 27 heavy (non-hydrogen) atoms. The topological polar surface area (TPSA) is 80.1 Å². The highest BCUT2D eigenvalue weighted by Gasteiger charge is 2.54. The maximum atomic E-state index is 13.0. The number of nitrogens with zero attached hydrogens (tertiary/aromatic N) is 4. The molecule has 3 heterocycles. The number of hydrogen-bond acceptors (Lipinski definition) is 4. The van der Waals surface area contributed by atoms with Gasteiger partial charge in [0.2, 0.25) is 5.91 Å². The van der Waals surface area contributed by atoms with Crippen molar-refractivity contribution in [1.29, 1.82) is 0 Å². The van der Waals surface area contributed by atoms with Crippen LogP contribution in [0.15, 0.2) is 36.8 Å². The molecule has 0 radical (unpaired) electrons. The van der Waals surface area contributed by atoms with E-state index in [4.69, 9.17) is 0 Å². The molecule has 2 amide bonds. The number of aryl methyl sites for hydroxylation is 1. The first-order valence-electron chi connectivity index (χ1n) is 9.61. The molecule has 1 atom stereocenters. The fourth-order valence-corrected chi connectivity index (χ4v) is 4.36. The summed E-state index contributed by atoms with van der Waals surface area (Å²) in [6.45, 7) is 4.26. The highest BCUT2D eigenvalue weighted by atomic mass is 16.2. The van der Waals surface area contributed by atoms with Gasteiger partial charge >= 0.3 is 0 Å². The van der Waals surface area contributed by atoms with Crippen LogP contribution in [0.1, 0.15) is 42.2 Å². The summed E-state index contributed by atoms with van der Waals surface area (Å²) in [7, 11) is 0. The molecule has 4 rings (SSSR count). The van der Waals surface area contributed by atoms with Crippen molar-refractivity contribution < 1.29 is 9.59 Å². The Labute approximate surface area is 158 Å². The van der Waals surface area contributed by atoms with Crippen LogP contribution in [0.4, 0.5) is 0 Å². The molecule has 1 saturated heterocycles. The van der Waals surface area contributed by atoms with Gasteiger partial charge in [0.25, 0.3) is 5.91 Å². The van der Waals surface area contributed by atoms with E-state index in [1.807, 2.05) is 24.0 Å². The Bertz CT molecular complexity index is 828. The lowest BCUT2D eigenvalue weighted by molar-refractivity contribution is -0.129. The SMILES string of the molecule is CCn1nccc1C(=O)N1CC(C(=O)NCc2ccncc2)C2(CCC2)C1. The maximum absolute atomic E-state index is 13.0. The average Bonchev–Trinajstić information content (AvgIpc) is 3.31. The summed E-state index contributed by atoms with van der Waals surface area (Å²) < 4.78 is 1.71. The molecule has 1 aliphatic carbocycles. The highest BCUT2D eigenvalue weighted by molar-refractivity contribution is 5.93. The minimum Gasteiger partial charge on any atom is -0.352 e. The quantitative estimate of drug-likeness (QED) is 0.875. The van der Waals surface area contributed by atoms with Gasteiger partial charge in [0, 0.05) is 50.2 Å². The predicted molar refractivity (Wildman–Crippen MR) is 99.7 cm³/mol. The van der Waals surface area contributed by atoms with Gasteiger partial charge in [0.15, 0.2) is 0 Å². The normalized spacial score (nSPS) is 20.5. The molecule has 2 fully saturated rings. The van der Waals surface area contributed by atoms with E-state index in [9.17, 15) is 9.59 Å². The molecule has 0 bridgehead atoms. The van der Waals surface area contributed by atoms with Crippen LogP contribution in [-0.2, 0) is 17.9 Å². The van der Waals surface area contributed by atoms with Crippen molar-refractivity contribution in [1.82, 2.24) is 25.0 Å². The first-order valence-corrected chi connectivity index (χ1v) is 9.61. The van der Waals surface area contributed by atoms with Gasteiger partial charge in [-0.2, -0.15) is 5.10 Å². The third kappa shape index (κ3) is 3.22. The van der Waals surface area contributed by atoms with Crippen LogP contribution in [0, 0.1) is 11.3 Å². The number of nitrogens with one attached hydrogen (secondary N) is 1. The minimum absolute atomic E-state index is 0.0231. The van der Waals surface area contributed by atoms with Crippen molar-refractivity contribution in [3.8, 4) is 0 Å². The number of rotatable bonds is 5. The van der Waals surface area contributed by atoms with E-state index in [2.05, 4.69) is 15.4 Å². The Balaban J connectivity index is 1.46. The molecule has 1 saturated carbocycles. The number of amides is 2. The monoisotopic (exact) mass is 367 g/mol. The zero-order valence-corrected chi connectivity index (χ0v) is 15.6. The van der Waals surface area contributed by atoms with Gasteiger partial charge < -0.3 is 10.2 Å². The van der Waals surface area contributed by atoms with Gasteiger partial charge in [-0.1, -0.05) is 6.42 Å². The van der Waals surface area contributed by atoms with Crippen molar-refractivity contribution in [2.75, 3.05) is 13.1 Å². The Hall–Kier alpha value is -2.70. The molecule has 142 valence electrons. The zero-order chi connectivity index (χ0) is 18.9. The van der Waals surface area contributed by atoms with E-state index in [1.54, 1.807) is 29.3 Å². The first kappa shape index (κ1) is 17.7. The average molecular weight is 367 g/mol. The molecular weight excluding hydrogens is 342 g/mol. The summed E-state index contributed by atoms with van der Waals surface area (Å²) in [6.07, 6.45) is 8.26. The van der Waals surface area contributed by atoms with Crippen LogP contribution in [0.3, 0.4) is 0 Å². The van der Waals surface area contributed by atoms with E-state index in [1.165, 1.54) is 0 Å². The highest BCUT2D eigenvalue weighted by Crippen LogP contribution is 2.52. The summed E-state index contributed by atoms with van der Waals surface area (Å²) in [5.74, 6) is -0.120. The number of aromatic nitrogens is 3. The minimum atomic E-state index is -0.143. The van der Waals surface area contributed by atoms with Crippen LogP contribution in [0.25, 0.3) is 0 Å². The molecular formula is C20H25N5O2. The van der Waals surface area contributed by atoms with Crippen LogP contribution in [0.2, 0.25) is 0 Å². The largest absolute Gasteiger partial charge is 0.352 e. The second-order valence-corrected chi connectivity index (χ2v) is 7.56. The summed E-state index contributed by atoms with van der Waals surface area (Å²) in [5, 5.41) is 7.26. The van der Waals surface area contributed by atoms with Crippen LogP contribution >= 0.6 is 0 Å². The molecule has 0 aromatic carbocycles. The maximum Gasteiger partial charge on any atom is 0.272 e. The van der Waals surface area contributed by atoms with Gasteiger partial charge in [0.05, 0.1) is 5.92 Å². The molecule has 7 heteroatoms. The Kier molecular flexibility index (Phi) is 4.68. The van der Waals surface area contributed by atoms with E-state index in [0.717, 1.165) is 24.8 Å².